The van der Waals surface area contributed by atoms with Crippen LogP contribution in [0.3, 0.4) is 0 Å². The minimum Gasteiger partial charge on any atom is -0.375 e. The largest absolute Gasteiger partial charge is 0.375 e. The molecule has 116 valence electrons. The van der Waals surface area contributed by atoms with Crippen LogP contribution in [0.2, 0.25) is 0 Å². The average molecular weight is 291 g/mol. The molecule has 1 aromatic carbocycles. The van der Waals surface area contributed by atoms with E-state index < -0.39 is 0 Å². The van der Waals surface area contributed by atoms with Gasteiger partial charge >= 0.3 is 0 Å². The lowest BCUT2D eigenvalue weighted by Gasteiger charge is -2.44. The zero-order valence-corrected chi connectivity index (χ0v) is 12.9. The maximum atomic E-state index is 13.0. The molecule has 2 fully saturated rings. The van der Waals surface area contributed by atoms with Crippen LogP contribution in [-0.4, -0.2) is 18.2 Å². The fourth-order valence-corrected chi connectivity index (χ4v) is 3.92. The van der Waals surface area contributed by atoms with Crippen LogP contribution in [0.25, 0.3) is 0 Å². The Morgan fingerprint density at radius 3 is 2.62 bits per heavy atom. The van der Waals surface area contributed by atoms with Gasteiger partial charge in [0.15, 0.2) is 0 Å². The Bertz CT molecular complexity index is 447. The highest BCUT2D eigenvalue weighted by Gasteiger charge is 2.38. The maximum Gasteiger partial charge on any atom is 0.123 e. The van der Waals surface area contributed by atoms with Crippen LogP contribution in [-0.2, 0) is 4.74 Å². The van der Waals surface area contributed by atoms with Crippen molar-refractivity contribution in [2.24, 2.45) is 0 Å². The minimum atomic E-state index is -0.168. The molecule has 1 unspecified atom stereocenters. The summed E-state index contributed by atoms with van der Waals surface area (Å²) in [6.45, 7) is 3.03. The van der Waals surface area contributed by atoms with Crippen LogP contribution < -0.4 is 5.32 Å². The zero-order valence-electron chi connectivity index (χ0n) is 12.9. The van der Waals surface area contributed by atoms with Gasteiger partial charge in [-0.3, -0.25) is 0 Å². The van der Waals surface area contributed by atoms with Crippen molar-refractivity contribution in [1.82, 2.24) is 5.32 Å². The summed E-state index contributed by atoms with van der Waals surface area (Å²) in [6.07, 6.45) is 8.60. The topological polar surface area (TPSA) is 21.3 Å². The predicted octanol–water partition coefficient (Wildman–Crippen LogP) is 4.36. The van der Waals surface area contributed by atoms with Crippen molar-refractivity contribution in [3.8, 4) is 0 Å². The first-order valence-electron chi connectivity index (χ1n) is 8.32. The molecular formula is C18H26FNO. The third-order valence-corrected chi connectivity index (χ3v) is 5.11. The lowest BCUT2D eigenvalue weighted by molar-refractivity contribution is -0.110. The van der Waals surface area contributed by atoms with Crippen molar-refractivity contribution >= 4 is 0 Å². The van der Waals surface area contributed by atoms with E-state index >= 15 is 0 Å². The summed E-state index contributed by atoms with van der Waals surface area (Å²) in [4.78, 5) is 0. The SMILES string of the molecule is C[C@@H](NC1CCOC2(CCCCC2)C1)c1ccc(F)cc1. The summed E-state index contributed by atoms with van der Waals surface area (Å²) in [5.74, 6) is -0.168. The summed E-state index contributed by atoms with van der Waals surface area (Å²) >= 11 is 0. The molecule has 3 rings (SSSR count). The molecule has 0 aromatic heterocycles. The van der Waals surface area contributed by atoms with Gasteiger partial charge < -0.3 is 10.1 Å². The van der Waals surface area contributed by atoms with Crippen LogP contribution in [0.1, 0.15) is 63.5 Å². The summed E-state index contributed by atoms with van der Waals surface area (Å²) in [6, 6.07) is 7.61. The number of hydrogen-bond acceptors (Lipinski definition) is 2. The molecule has 1 spiro atoms. The smallest absolute Gasteiger partial charge is 0.123 e. The van der Waals surface area contributed by atoms with Crippen molar-refractivity contribution < 1.29 is 9.13 Å². The van der Waals surface area contributed by atoms with E-state index in [1.54, 1.807) is 12.1 Å². The van der Waals surface area contributed by atoms with Crippen LogP contribution in [0.5, 0.6) is 0 Å². The summed E-state index contributed by atoms with van der Waals surface area (Å²) in [5.41, 5.74) is 1.29. The van der Waals surface area contributed by atoms with Gasteiger partial charge in [0.1, 0.15) is 5.82 Å². The first-order chi connectivity index (χ1) is 10.2. The Morgan fingerprint density at radius 2 is 1.90 bits per heavy atom. The van der Waals surface area contributed by atoms with Crippen LogP contribution in [0, 0.1) is 5.82 Å². The number of rotatable bonds is 3. The molecule has 3 heteroatoms. The first kappa shape index (κ1) is 15.0. The van der Waals surface area contributed by atoms with Gasteiger partial charge in [0.05, 0.1) is 5.60 Å². The minimum absolute atomic E-state index is 0.136. The predicted molar refractivity (Wildman–Crippen MR) is 82.7 cm³/mol. The second kappa shape index (κ2) is 6.45. The Morgan fingerprint density at radius 1 is 1.19 bits per heavy atom. The van der Waals surface area contributed by atoms with Crippen LogP contribution in [0.4, 0.5) is 4.39 Å². The highest BCUT2D eigenvalue weighted by Crippen LogP contribution is 2.38. The van der Waals surface area contributed by atoms with Crippen molar-refractivity contribution in [3.63, 3.8) is 0 Å². The monoisotopic (exact) mass is 291 g/mol. The summed E-state index contributed by atoms with van der Waals surface area (Å²) < 4.78 is 19.2. The van der Waals surface area contributed by atoms with Gasteiger partial charge in [-0.25, -0.2) is 4.39 Å². The summed E-state index contributed by atoms with van der Waals surface area (Å²) in [5, 5.41) is 3.72. The normalized spacial score (nSPS) is 26.7. The van der Waals surface area contributed by atoms with Gasteiger partial charge in [-0.1, -0.05) is 31.4 Å². The number of nitrogens with one attached hydrogen (secondary N) is 1. The standard InChI is InChI=1S/C18H26FNO/c1-14(15-5-7-16(19)8-6-15)20-17-9-12-21-18(13-17)10-3-2-4-11-18/h5-8,14,17,20H,2-4,9-13H2,1H3/t14-,17?/m1/s1. The molecule has 21 heavy (non-hydrogen) atoms. The molecule has 1 N–H and O–H groups in total. The molecule has 2 aliphatic rings. The van der Waals surface area contributed by atoms with Gasteiger partial charge in [0, 0.05) is 18.7 Å². The number of benzene rings is 1. The van der Waals surface area contributed by atoms with E-state index in [1.807, 2.05) is 12.1 Å². The number of ether oxygens (including phenoxy) is 1. The maximum absolute atomic E-state index is 13.0. The Hall–Kier alpha value is -0.930. The molecule has 0 radical (unpaired) electrons. The zero-order chi connectivity index (χ0) is 14.7. The molecule has 0 amide bonds. The summed E-state index contributed by atoms with van der Waals surface area (Å²) in [7, 11) is 0. The molecule has 1 saturated heterocycles. The number of hydrogen-bond donors (Lipinski definition) is 1. The third-order valence-electron chi connectivity index (χ3n) is 5.11. The highest BCUT2D eigenvalue weighted by atomic mass is 19.1. The highest BCUT2D eigenvalue weighted by molar-refractivity contribution is 5.19. The quantitative estimate of drug-likeness (QED) is 0.893. The van der Waals surface area contributed by atoms with E-state index in [0.717, 1.165) is 25.0 Å². The van der Waals surface area contributed by atoms with E-state index in [9.17, 15) is 4.39 Å². The molecule has 1 heterocycles. The van der Waals surface area contributed by atoms with Crippen molar-refractivity contribution in [2.45, 2.75) is 69.6 Å². The van der Waals surface area contributed by atoms with Crippen molar-refractivity contribution in [2.75, 3.05) is 6.61 Å². The van der Waals surface area contributed by atoms with Crippen LogP contribution >= 0.6 is 0 Å². The number of halogens is 1. The molecule has 2 atom stereocenters. The van der Waals surface area contributed by atoms with Crippen molar-refractivity contribution in [3.05, 3.63) is 35.6 Å². The Labute approximate surface area is 127 Å². The van der Waals surface area contributed by atoms with Crippen LogP contribution in [0.15, 0.2) is 24.3 Å². The molecular weight excluding hydrogens is 265 g/mol. The lowest BCUT2D eigenvalue weighted by atomic mass is 9.78. The lowest BCUT2D eigenvalue weighted by Crippen LogP contribution is -2.48. The molecule has 0 bridgehead atoms. The van der Waals surface area contributed by atoms with E-state index in [2.05, 4.69) is 12.2 Å². The molecule has 1 aliphatic heterocycles. The third kappa shape index (κ3) is 3.64. The molecule has 1 aliphatic carbocycles. The van der Waals surface area contributed by atoms with Gasteiger partial charge in [-0.15, -0.1) is 0 Å². The van der Waals surface area contributed by atoms with Gasteiger partial charge in [0.2, 0.25) is 0 Å². The second-order valence-corrected chi connectivity index (χ2v) is 6.72. The Kier molecular flexibility index (Phi) is 4.60. The average Bonchev–Trinajstić information content (AvgIpc) is 2.49. The van der Waals surface area contributed by atoms with E-state index in [4.69, 9.17) is 4.74 Å². The first-order valence-corrected chi connectivity index (χ1v) is 8.32. The molecule has 1 saturated carbocycles. The second-order valence-electron chi connectivity index (χ2n) is 6.72. The van der Waals surface area contributed by atoms with E-state index in [0.29, 0.717) is 6.04 Å². The van der Waals surface area contributed by atoms with Gasteiger partial charge in [-0.05, 0) is 50.3 Å². The fourth-order valence-electron chi connectivity index (χ4n) is 3.92. The molecule has 1 aromatic rings. The van der Waals surface area contributed by atoms with Gasteiger partial charge in [-0.2, -0.15) is 0 Å². The molecule has 2 nitrogen and oxygen atoms in total. The van der Waals surface area contributed by atoms with E-state index in [-0.39, 0.29) is 17.5 Å². The van der Waals surface area contributed by atoms with E-state index in [1.165, 1.54) is 32.1 Å². The fraction of sp³-hybridized carbons (Fsp3) is 0.667. The van der Waals surface area contributed by atoms with Gasteiger partial charge in [0.25, 0.3) is 0 Å². The Balaban J connectivity index is 1.60. The van der Waals surface area contributed by atoms with Crippen molar-refractivity contribution in [1.29, 1.82) is 0 Å².